The van der Waals surface area contributed by atoms with Crippen LogP contribution in [0.3, 0.4) is 0 Å². The first kappa shape index (κ1) is 24.8. The molecule has 0 aliphatic rings. The van der Waals surface area contributed by atoms with Crippen molar-refractivity contribution in [3.05, 3.63) is 88.6 Å². The van der Waals surface area contributed by atoms with E-state index in [0.717, 1.165) is 35.8 Å². The van der Waals surface area contributed by atoms with E-state index in [0.29, 0.717) is 27.7 Å². The van der Waals surface area contributed by atoms with E-state index in [9.17, 15) is 22.8 Å². The fraction of sp³-hybridized carbons (Fsp3) is 0.0833. The van der Waals surface area contributed by atoms with Crippen molar-refractivity contribution in [3.63, 3.8) is 0 Å². The lowest BCUT2D eigenvalue weighted by atomic mass is 10.1. The second kappa shape index (κ2) is 9.89. The third-order valence-corrected chi connectivity index (χ3v) is 6.01. The molecule has 3 heterocycles. The molecule has 0 unspecified atom stereocenters. The lowest BCUT2D eigenvalue weighted by molar-refractivity contribution is -0.137. The highest BCUT2D eigenvalue weighted by atomic mass is 32.1. The number of aromatic nitrogens is 5. The molecule has 0 fully saturated rings. The van der Waals surface area contributed by atoms with Crippen molar-refractivity contribution in [2.24, 2.45) is 0 Å². The molecule has 0 saturated carbocycles. The van der Waals surface area contributed by atoms with E-state index >= 15 is 0 Å². The molecular formula is C24H16F3N7O3S. The molecule has 3 aromatic heterocycles. The van der Waals surface area contributed by atoms with Gasteiger partial charge in [-0.15, -0.1) is 10.2 Å². The van der Waals surface area contributed by atoms with Crippen LogP contribution < -0.4 is 15.4 Å². The quantitative estimate of drug-likeness (QED) is 0.304. The van der Waals surface area contributed by atoms with Crippen molar-refractivity contribution < 1.29 is 27.5 Å². The Kier molecular flexibility index (Phi) is 6.46. The van der Waals surface area contributed by atoms with Crippen LogP contribution in [0.2, 0.25) is 0 Å². The first-order valence-corrected chi connectivity index (χ1v) is 11.7. The number of anilines is 2. The van der Waals surface area contributed by atoms with Crippen molar-refractivity contribution in [2.45, 2.75) is 13.1 Å². The summed E-state index contributed by atoms with van der Waals surface area (Å²) >= 11 is 1.00. The molecule has 0 aliphatic heterocycles. The summed E-state index contributed by atoms with van der Waals surface area (Å²) < 4.78 is 49.2. The zero-order valence-corrected chi connectivity index (χ0v) is 20.2. The fourth-order valence-corrected chi connectivity index (χ4v) is 3.92. The van der Waals surface area contributed by atoms with Gasteiger partial charge in [-0.3, -0.25) is 9.59 Å². The molecule has 10 nitrogen and oxygen atoms in total. The van der Waals surface area contributed by atoms with Gasteiger partial charge in [0.1, 0.15) is 10.6 Å². The van der Waals surface area contributed by atoms with Crippen molar-refractivity contribution in [1.82, 2.24) is 24.2 Å². The number of rotatable bonds is 6. The largest absolute Gasteiger partial charge is 0.438 e. The summed E-state index contributed by atoms with van der Waals surface area (Å²) in [7, 11) is 0. The number of hydrogen-bond acceptors (Lipinski definition) is 8. The number of halogens is 3. The molecule has 0 saturated heterocycles. The van der Waals surface area contributed by atoms with Crippen LogP contribution in [0.1, 0.15) is 31.3 Å². The topological polar surface area (TPSA) is 123 Å². The van der Waals surface area contributed by atoms with E-state index in [2.05, 4.69) is 30.3 Å². The number of carbonyl (C=O) groups is 2. The summed E-state index contributed by atoms with van der Waals surface area (Å²) in [5, 5.41) is 13.4. The summed E-state index contributed by atoms with van der Waals surface area (Å²) in [4.78, 5) is 29.5. The number of hydrogen-bond donors (Lipinski definition) is 2. The summed E-state index contributed by atoms with van der Waals surface area (Å²) in [5.74, 6) is -0.191. The number of alkyl halides is 3. The minimum atomic E-state index is -4.49. The first-order chi connectivity index (χ1) is 18.2. The Morgan fingerprint density at radius 2 is 1.79 bits per heavy atom. The van der Waals surface area contributed by atoms with Crippen molar-refractivity contribution >= 4 is 40.5 Å². The smallest absolute Gasteiger partial charge is 0.416 e. The second-order valence-corrected chi connectivity index (χ2v) is 8.66. The molecule has 0 atom stereocenters. The Bertz CT molecular complexity index is 1650. The molecule has 2 N–H and O–H groups in total. The Morgan fingerprint density at radius 3 is 2.50 bits per heavy atom. The minimum Gasteiger partial charge on any atom is -0.438 e. The average molecular weight is 539 g/mol. The van der Waals surface area contributed by atoms with Gasteiger partial charge in [0, 0.05) is 23.4 Å². The third-order valence-electron chi connectivity index (χ3n) is 5.18. The maximum absolute atomic E-state index is 12.7. The average Bonchev–Trinajstić information content (AvgIpc) is 3.49. The summed E-state index contributed by atoms with van der Waals surface area (Å²) in [6.45, 7) is 1.70. The van der Waals surface area contributed by atoms with Crippen LogP contribution in [-0.2, 0) is 6.18 Å². The maximum Gasteiger partial charge on any atom is 0.416 e. The minimum absolute atomic E-state index is 0.0424. The van der Waals surface area contributed by atoms with E-state index in [1.165, 1.54) is 10.7 Å². The van der Waals surface area contributed by atoms with E-state index < -0.39 is 17.6 Å². The standard InChI is InChI=1S/C24H16F3N7O3S/c1-13-21(38-33-31-13)23(36)28-16-3-2-4-17(11-16)37-20-10-9-19-29-18(12-34(19)32-20)30-22(35)14-5-7-15(8-6-14)24(25,26)27/h2-12H,1H3,(H,28,36)(H,30,35). The van der Waals surface area contributed by atoms with Gasteiger partial charge in [-0.1, -0.05) is 10.6 Å². The number of ether oxygens (including phenoxy) is 1. The predicted molar refractivity (Wildman–Crippen MR) is 131 cm³/mol. The predicted octanol–water partition coefficient (Wildman–Crippen LogP) is 5.20. The molecule has 2 aromatic carbocycles. The second-order valence-electron chi connectivity index (χ2n) is 7.90. The lowest BCUT2D eigenvalue weighted by Gasteiger charge is -2.08. The van der Waals surface area contributed by atoms with Crippen molar-refractivity contribution in [3.8, 4) is 11.6 Å². The molecule has 0 spiro atoms. The molecule has 5 rings (SSSR count). The van der Waals surface area contributed by atoms with Crippen molar-refractivity contribution in [2.75, 3.05) is 10.6 Å². The van der Waals surface area contributed by atoms with Gasteiger partial charge in [-0.25, -0.2) is 9.50 Å². The van der Waals surface area contributed by atoms with Crippen LogP contribution in [0.5, 0.6) is 11.6 Å². The Hall–Kier alpha value is -4.85. The van der Waals surface area contributed by atoms with Crippen LogP contribution >= 0.6 is 11.5 Å². The lowest BCUT2D eigenvalue weighted by Crippen LogP contribution is -2.13. The normalized spacial score (nSPS) is 11.4. The van der Waals surface area contributed by atoms with Gasteiger partial charge < -0.3 is 15.4 Å². The van der Waals surface area contributed by atoms with Gasteiger partial charge in [0.25, 0.3) is 11.8 Å². The van der Waals surface area contributed by atoms with Gasteiger partial charge in [0.2, 0.25) is 5.88 Å². The van der Waals surface area contributed by atoms with E-state index in [4.69, 9.17) is 4.74 Å². The number of amides is 2. The highest BCUT2D eigenvalue weighted by Gasteiger charge is 2.30. The number of carbonyl (C=O) groups excluding carboxylic acids is 2. The van der Waals surface area contributed by atoms with Gasteiger partial charge in [0.05, 0.1) is 17.5 Å². The number of nitrogens with zero attached hydrogens (tertiary/aromatic N) is 5. The monoisotopic (exact) mass is 539 g/mol. The highest BCUT2D eigenvalue weighted by molar-refractivity contribution is 7.08. The van der Waals surface area contributed by atoms with E-state index in [-0.39, 0.29) is 23.2 Å². The van der Waals surface area contributed by atoms with E-state index in [1.54, 1.807) is 43.3 Å². The molecular weight excluding hydrogens is 523 g/mol. The number of aryl methyl sites for hydroxylation is 1. The number of benzene rings is 2. The van der Waals surface area contributed by atoms with E-state index in [1.807, 2.05) is 0 Å². The molecule has 0 bridgehead atoms. The summed E-state index contributed by atoms with van der Waals surface area (Å²) in [5.41, 5.74) is 0.624. The highest BCUT2D eigenvalue weighted by Crippen LogP contribution is 2.29. The molecule has 0 aliphatic carbocycles. The van der Waals surface area contributed by atoms with Gasteiger partial charge in [-0.2, -0.15) is 13.2 Å². The van der Waals surface area contributed by atoms with Crippen molar-refractivity contribution in [1.29, 1.82) is 0 Å². The SMILES string of the molecule is Cc1nnsc1C(=O)Nc1cccc(Oc2ccc3nc(NC(=O)c4ccc(C(F)(F)F)cc4)cn3n2)c1. The maximum atomic E-state index is 12.7. The zero-order valence-electron chi connectivity index (χ0n) is 19.4. The number of fused-ring (bicyclic) bond motifs is 1. The molecule has 5 aromatic rings. The summed E-state index contributed by atoms with van der Waals surface area (Å²) in [6, 6.07) is 13.7. The Balaban J connectivity index is 1.27. The number of nitrogens with one attached hydrogen (secondary N) is 2. The van der Waals surface area contributed by atoms with Crippen LogP contribution in [-0.4, -0.2) is 36.0 Å². The first-order valence-electron chi connectivity index (χ1n) is 10.9. The van der Waals surface area contributed by atoms with Crippen LogP contribution in [0.25, 0.3) is 5.65 Å². The fourth-order valence-electron chi connectivity index (χ4n) is 3.36. The van der Waals surface area contributed by atoms with Gasteiger partial charge in [0.15, 0.2) is 11.5 Å². The van der Waals surface area contributed by atoms with Crippen LogP contribution in [0.4, 0.5) is 24.7 Å². The molecule has 14 heteroatoms. The summed E-state index contributed by atoms with van der Waals surface area (Å²) in [6.07, 6.45) is -3.05. The molecule has 192 valence electrons. The van der Waals surface area contributed by atoms with Crippen LogP contribution in [0, 0.1) is 6.92 Å². The Morgan fingerprint density at radius 1 is 1.00 bits per heavy atom. The Labute approximate surface area is 216 Å². The molecule has 38 heavy (non-hydrogen) atoms. The van der Waals surface area contributed by atoms with Crippen LogP contribution in [0.15, 0.2) is 66.9 Å². The van der Waals surface area contributed by atoms with Gasteiger partial charge in [-0.05, 0) is 60.9 Å². The number of imidazole rings is 1. The molecule has 2 amide bonds. The van der Waals surface area contributed by atoms with Gasteiger partial charge >= 0.3 is 6.18 Å². The zero-order chi connectivity index (χ0) is 26.9. The molecule has 0 radical (unpaired) electrons. The third kappa shape index (κ3) is 5.44.